The standard InChI is InChI=1S/C14H12FNO4S/c1-8-2-3-9(15)6-10(8)16-12(17)7-21-13-5-4-11(20-13)14(18)19/h2-6H,7H2,1H3,(H,16,17)(H,18,19). The first-order valence-corrected chi connectivity index (χ1v) is 6.96. The van der Waals surface area contributed by atoms with Gasteiger partial charge in [0.15, 0.2) is 5.09 Å². The number of amides is 1. The molecule has 0 aliphatic heterocycles. The zero-order valence-electron chi connectivity index (χ0n) is 11.1. The number of carboxylic acid groups (broad SMARTS) is 1. The van der Waals surface area contributed by atoms with E-state index >= 15 is 0 Å². The van der Waals surface area contributed by atoms with Crippen molar-refractivity contribution in [1.29, 1.82) is 0 Å². The van der Waals surface area contributed by atoms with Gasteiger partial charge in [-0.15, -0.1) is 0 Å². The summed E-state index contributed by atoms with van der Waals surface area (Å²) in [6.45, 7) is 1.76. The van der Waals surface area contributed by atoms with E-state index < -0.39 is 11.8 Å². The van der Waals surface area contributed by atoms with Gasteiger partial charge in [0.25, 0.3) is 0 Å². The minimum atomic E-state index is -1.17. The summed E-state index contributed by atoms with van der Waals surface area (Å²) in [7, 11) is 0. The average Bonchev–Trinajstić information content (AvgIpc) is 2.90. The number of halogens is 1. The Morgan fingerprint density at radius 2 is 2.10 bits per heavy atom. The van der Waals surface area contributed by atoms with Crippen molar-refractivity contribution in [1.82, 2.24) is 0 Å². The Labute approximate surface area is 124 Å². The highest BCUT2D eigenvalue weighted by Crippen LogP contribution is 2.22. The van der Waals surface area contributed by atoms with E-state index in [0.29, 0.717) is 10.8 Å². The highest BCUT2D eigenvalue weighted by Gasteiger charge is 2.11. The highest BCUT2D eigenvalue weighted by molar-refractivity contribution is 7.99. The lowest BCUT2D eigenvalue weighted by Gasteiger charge is -2.07. The molecule has 0 radical (unpaired) electrons. The Morgan fingerprint density at radius 1 is 1.33 bits per heavy atom. The molecule has 0 atom stereocenters. The van der Waals surface area contributed by atoms with Crippen molar-refractivity contribution in [2.45, 2.75) is 12.0 Å². The molecule has 21 heavy (non-hydrogen) atoms. The molecule has 0 aliphatic carbocycles. The van der Waals surface area contributed by atoms with Crippen LogP contribution < -0.4 is 5.32 Å². The van der Waals surface area contributed by atoms with Crippen LogP contribution in [0.1, 0.15) is 16.1 Å². The monoisotopic (exact) mass is 309 g/mol. The third-order valence-corrected chi connectivity index (χ3v) is 3.52. The maximum atomic E-state index is 13.1. The number of hydrogen-bond donors (Lipinski definition) is 2. The fraction of sp³-hybridized carbons (Fsp3) is 0.143. The Balaban J connectivity index is 1.92. The quantitative estimate of drug-likeness (QED) is 0.829. The number of hydrogen-bond acceptors (Lipinski definition) is 4. The molecule has 1 amide bonds. The minimum absolute atomic E-state index is 0.0303. The summed E-state index contributed by atoms with van der Waals surface area (Å²) in [6, 6.07) is 6.93. The van der Waals surface area contributed by atoms with Gasteiger partial charge in [-0.05, 0) is 36.8 Å². The number of nitrogens with one attached hydrogen (secondary N) is 1. The molecule has 0 unspecified atom stereocenters. The molecule has 1 aromatic heterocycles. The molecule has 0 saturated heterocycles. The maximum Gasteiger partial charge on any atom is 0.371 e. The predicted octanol–water partition coefficient (Wildman–Crippen LogP) is 3.16. The van der Waals surface area contributed by atoms with E-state index in [1.54, 1.807) is 13.0 Å². The first kappa shape index (κ1) is 15.1. The van der Waals surface area contributed by atoms with Gasteiger partial charge in [-0.2, -0.15) is 0 Å². The fourth-order valence-electron chi connectivity index (χ4n) is 1.56. The molecule has 110 valence electrons. The van der Waals surface area contributed by atoms with Crippen molar-refractivity contribution in [3.8, 4) is 0 Å². The van der Waals surface area contributed by atoms with Crippen molar-refractivity contribution in [3.63, 3.8) is 0 Å². The van der Waals surface area contributed by atoms with Crippen LogP contribution in [0, 0.1) is 12.7 Å². The molecule has 5 nitrogen and oxygen atoms in total. The van der Waals surface area contributed by atoms with Gasteiger partial charge in [0.05, 0.1) is 5.75 Å². The summed E-state index contributed by atoms with van der Waals surface area (Å²) in [5.41, 5.74) is 1.16. The topological polar surface area (TPSA) is 79.5 Å². The second-order valence-electron chi connectivity index (χ2n) is 4.22. The summed E-state index contributed by atoms with van der Waals surface area (Å²) in [5, 5.41) is 11.6. The molecule has 2 rings (SSSR count). The van der Waals surface area contributed by atoms with E-state index in [-0.39, 0.29) is 17.4 Å². The summed E-state index contributed by atoms with van der Waals surface area (Å²) in [4.78, 5) is 22.4. The lowest BCUT2D eigenvalue weighted by atomic mass is 10.2. The van der Waals surface area contributed by atoms with Crippen LogP contribution in [0.15, 0.2) is 39.8 Å². The SMILES string of the molecule is Cc1ccc(F)cc1NC(=O)CSc1ccc(C(=O)O)o1. The molecule has 2 N–H and O–H groups in total. The maximum absolute atomic E-state index is 13.1. The molecule has 0 aliphatic rings. The lowest BCUT2D eigenvalue weighted by Crippen LogP contribution is -2.14. The van der Waals surface area contributed by atoms with Crippen LogP contribution in [0.5, 0.6) is 0 Å². The number of aryl methyl sites for hydroxylation is 1. The Morgan fingerprint density at radius 3 is 2.76 bits per heavy atom. The second-order valence-corrected chi connectivity index (χ2v) is 5.20. The van der Waals surface area contributed by atoms with Gasteiger partial charge in [-0.1, -0.05) is 17.8 Å². The molecule has 0 saturated carbocycles. The van der Waals surface area contributed by atoms with Gasteiger partial charge in [0, 0.05) is 5.69 Å². The predicted molar refractivity (Wildman–Crippen MR) is 76.2 cm³/mol. The molecule has 0 fully saturated rings. The minimum Gasteiger partial charge on any atom is -0.475 e. The largest absolute Gasteiger partial charge is 0.475 e. The average molecular weight is 309 g/mol. The summed E-state index contributed by atoms with van der Waals surface area (Å²) in [5.74, 6) is -2.08. The van der Waals surface area contributed by atoms with Crippen molar-refractivity contribution in [2.24, 2.45) is 0 Å². The van der Waals surface area contributed by atoms with E-state index in [2.05, 4.69) is 5.32 Å². The molecule has 7 heteroatoms. The van der Waals surface area contributed by atoms with Gasteiger partial charge in [-0.3, -0.25) is 4.79 Å². The first-order valence-electron chi connectivity index (χ1n) is 5.97. The van der Waals surface area contributed by atoms with Gasteiger partial charge >= 0.3 is 5.97 Å². The third-order valence-electron chi connectivity index (χ3n) is 2.61. The molecule has 1 aromatic carbocycles. The fourth-order valence-corrected chi connectivity index (χ4v) is 2.22. The normalized spacial score (nSPS) is 10.4. The number of aromatic carboxylic acids is 1. The van der Waals surface area contributed by atoms with Crippen molar-refractivity contribution >= 4 is 29.3 Å². The molecule has 1 heterocycles. The number of carbonyl (C=O) groups excluding carboxylic acids is 1. The van der Waals surface area contributed by atoms with Crippen molar-refractivity contribution < 1.29 is 23.5 Å². The van der Waals surface area contributed by atoms with Crippen LogP contribution in [-0.4, -0.2) is 22.7 Å². The van der Waals surface area contributed by atoms with E-state index in [1.807, 2.05) is 0 Å². The number of anilines is 1. The first-order chi connectivity index (χ1) is 9.95. The number of carboxylic acids is 1. The van der Waals surface area contributed by atoms with E-state index in [4.69, 9.17) is 9.52 Å². The van der Waals surface area contributed by atoms with Crippen LogP contribution >= 0.6 is 11.8 Å². The smallest absolute Gasteiger partial charge is 0.371 e. The molecular weight excluding hydrogens is 297 g/mol. The number of furan rings is 1. The van der Waals surface area contributed by atoms with Crippen LogP contribution in [0.3, 0.4) is 0 Å². The van der Waals surface area contributed by atoms with Gasteiger partial charge < -0.3 is 14.8 Å². The zero-order chi connectivity index (χ0) is 15.4. The van der Waals surface area contributed by atoms with Gasteiger partial charge in [0.1, 0.15) is 5.82 Å². The summed E-state index contributed by atoms with van der Waals surface area (Å²) in [6.07, 6.45) is 0. The molecular formula is C14H12FNO4S. The second kappa shape index (κ2) is 6.45. The molecule has 0 bridgehead atoms. The molecule has 2 aromatic rings. The van der Waals surface area contributed by atoms with Crippen LogP contribution in [0.4, 0.5) is 10.1 Å². The highest BCUT2D eigenvalue weighted by atomic mass is 32.2. The van der Waals surface area contributed by atoms with Crippen molar-refractivity contribution in [3.05, 3.63) is 47.5 Å². The van der Waals surface area contributed by atoms with E-state index in [1.165, 1.54) is 24.3 Å². The zero-order valence-corrected chi connectivity index (χ0v) is 11.9. The number of thioether (sulfide) groups is 1. The van der Waals surface area contributed by atoms with E-state index in [9.17, 15) is 14.0 Å². The van der Waals surface area contributed by atoms with Crippen LogP contribution in [0.25, 0.3) is 0 Å². The van der Waals surface area contributed by atoms with E-state index in [0.717, 1.165) is 17.3 Å². The van der Waals surface area contributed by atoms with Crippen LogP contribution in [-0.2, 0) is 4.79 Å². The number of rotatable bonds is 5. The van der Waals surface area contributed by atoms with Gasteiger partial charge in [0.2, 0.25) is 11.7 Å². The lowest BCUT2D eigenvalue weighted by molar-refractivity contribution is -0.113. The van der Waals surface area contributed by atoms with Gasteiger partial charge in [-0.25, -0.2) is 9.18 Å². The number of carbonyl (C=O) groups is 2. The Kier molecular flexibility index (Phi) is 4.64. The summed E-state index contributed by atoms with van der Waals surface area (Å²) < 4.78 is 18.1. The Hall–Kier alpha value is -2.28. The molecule has 0 spiro atoms. The third kappa shape index (κ3) is 4.09. The summed E-state index contributed by atoms with van der Waals surface area (Å²) >= 11 is 1.06. The van der Waals surface area contributed by atoms with Crippen molar-refractivity contribution in [2.75, 3.05) is 11.1 Å². The van der Waals surface area contributed by atoms with Crippen LogP contribution in [0.2, 0.25) is 0 Å². The Bertz CT molecular complexity index is 683. The number of benzene rings is 1.